The van der Waals surface area contributed by atoms with Crippen molar-refractivity contribution in [3.63, 3.8) is 0 Å². The molecule has 2 N–H and O–H groups in total. The third-order valence-electron chi connectivity index (χ3n) is 4.03. The van der Waals surface area contributed by atoms with Crippen LogP contribution in [0.25, 0.3) is 0 Å². The second-order valence-corrected chi connectivity index (χ2v) is 7.55. The maximum absolute atomic E-state index is 12.7. The first kappa shape index (κ1) is 20.8. The van der Waals surface area contributed by atoms with Crippen LogP contribution in [-0.4, -0.2) is 35.2 Å². The number of hydrogen-bond acceptors (Lipinski definition) is 6. The van der Waals surface area contributed by atoms with Crippen LogP contribution in [0.4, 0.5) is 5.13 Å². The third kappa shape index (κ3) is 5.75. The van der Waals surface area contributed by atoms with Crippen molar-refractivity contribution in [3.05, 3.63) is 34.8 Å². The Bertz CT molecular complexity index is 776. The van der Waals surface area contributed by atoms with Crippen molar-refractivity contribution in [2.75, 3.05) is 12.4 Å². The minimum Gasteiger partial charge on any atom is -0.496 e. The van der Waals surface area contributed by atoms with Crippen LogP contribution in [0.2, 0.25) is 0 Å². The van der Waals surface area contributed by atoms with Gasteiger partial charge in [-0.2, -0.15) is 0 Å². The normalized spacial score (nSPS) is 11.9. The van der Waals surface area contributed by atoms with Gasteiger partial charge in [0.15, 0.2) is 0 Å². The average molecular weight is 391 g/mol. The molecular formula is C19H26N4O3S. The number of benzene rings is 1. The Balaban J connectivity index is 2.06. The van der Waals surface area contributed by atoms with E-state index in [9.17, 15) is 9.59 Å². The summed E-state index contributed by atoms with van der Waals surface area (Å²) in [7, 11) is 1.50. The summed E-state index contributed by atoms with van der Waals surface area (Å²) in [5.74, 6) is -0.313. The maximum Gasteiger partial charge on any atom is 0.255 e. The highest BCUT2D eigenvalue weighted by atomic mass is 32.1. The minimum absolute atomic E-state index is 0.101. The number of para-hydroxylation sites is 1. The number of nitrogens with zero attached hydrogens (tertiary/aromatic N) is 2. The van der Waals surface area contributed by atoms with Crippen molar-refractivity contribution in [3.8, 4) is 5.75 Å². The summed E-state index contributed by atoms with van der Waals surface area (Å²) >= 11 is 1.36. The summed E-state index contributed by atoms with van der Waals surface area (Å²) in [6, 6.07) is 6.20. The van der Waals surface area contributed by atoms with E-state index in [4.69, 9.17) is 4.74 Å². The van der Waals surface area contributed by atoms with Crippen LogP contribution < -0.4 is 15.4 Å². The molecule has 1 aromatic carbocycles. The van der Waals surface area contributed by atoms with Crippen LogP contribution in [-0.2, 0) is 11.2 Å². The maximum atomic E-state index is 12.7. The van der Waals surface area contributed by atoms with E-state index >= 15 is 0 Å². The molecule has 7 nitrogen and oxygen atoms in total. The molecule has 0 saturated heterocycles. The first-order chi connectivity index (χ1) is 13.0. The van der Waals surface area contributed by atoms with Crippen molar-refractivity contribution in [2.45, 2.75) is 46.1 Å². The number of ether oxygens (including phenoxy) is 1. The van der Waals surface area contributed by atoms with E-state index < -0.39 is 6.04 Å². The summed E-state index contributed by atoms with van der Waals surface area (Å²) in [5, 5.41) is 15.0. The predicted molar refractivity (Wildman–Crippen MR) is 106 cm³/mol. The van der Waals surface area contributed by atoms with Gasteiger partial charge in [-0.1, -0.05) is 50.7 Å². The van der Waals surface area contributed by atoms with Crippen LogP contribution in [0.15, 0.2) is 24.3 Å². The van der Waals surface area contributed by atoms with E-state index in [0.29, 0.717) is 16.4 Å². The predicted octanol–water partition coefficient (Wildman–Crippen LogP) is 3.28. The highest BCUT2D eigenvalue weighted by Crippen LogP contribution is 2.20. The van der Waals surface area contributed by atoms with E-state index in [2.05, 4.69) is 27.8 Å². The molecular weight excluding hydrogens is 364 g/mol. The zero-order valence-corrected chi connectivity index (χ0v) is 16.9. The fourth-order valence-corrected chi connectivity index (χ4v) is 3.29. The largest absolute Gasteiger partial charge is 0.496 e. The molecule has 0 bridgehead atoms. The molecule has 2 amide bonds. The molecule has 0 aliphatic carbocycles. The number of amides is 2. The van der Waals surface area contributed by atoms with Gasteiger partial charge in [-0.05, 0) is 24.5 Å². The summed E-state index contributed by atoms with van der Waals surface area (Å²) in [6.45, 7) is 5.86. The Morgan fingerprint density at radius 1 is 1.22 bits per heavy atom. The van der Waals surface area contributed by atoms with Crippen LogP contribution in [0, 0.1) is 5.92 Å². The van der Waals surface area contributed by atoms with Gasteiger partial charge in [0.1, 0.15) is 16.8 Å². The van der Waals surface area contributed by atoms with E-state index in [-0.39, 0.29) is 17.7 Å². The Hall–Kier alpha value is -2.48. The van der Waals surface area contributed by atoms with Crippen LogP contribution in [0.1, 0.15) is 49.0 Å². The molecule has 1 aromatic heterocycles. The highest BCUT2D eigenvalue weighted by molar-refractivity contribution is 7.15. The molecule has 146 valence electrons. The van der Waals surface area contributed by atoms with Gasteiger partial charge in [-0.3, -0.25) is 14.9 Å². The second-order valence-electron chi connectivity index (χ2n) is 6.49. The number of unbranched alkanes of at least 4 members (excludes halogenated alkanes) is 1. The van der Waals surface area contributed by atoms with Crippen molar-refractivity contribution in [1.82, 2.24) is 15.5 Å². The van der Waals surface area contributed by atoms with Crippen molar-refractivity contribution in [1.29, 1.82) is 0 Å². The number of aryl methyl sites for hydroxylation is 1. The smallest absolute Gasteiger partial charge is 0.255 e. The van der Waals surface area contributed by atoms with Crippen LogP contribution in [0.5, 0.6) is 5.75 Å². The van der Waals surface area contributed by atoms with E-state index in [1.165, 1.54) is 18.4 Å². The first-order valence-corrected chi connectivity index (χ1v) is 9.85. The molecule has 0 saturated carbocycles. The van der Waals surface area contributed by atoms with E-state index in [1.54, 1.807) is 24.3 Å². The molecule has 2 aromatic rings. The number of aromatic nitrogens is 2. The topological polar surface area (TPSA) is 93.2 Å². The lowest BCUT2D eigenvalue weighted by Crippen LogP contribution is -2.47. The molecule has 1 atom stereocenters. The van der Waals surface area contributed by atoms with Gasteiger partial charge in [0, 0.05) is 6.42 Å². The Labute approximate surface area is 163 Å². The number of nitrogens with one attached hydrogen (secondary N) is 2. The SMILES string of the molecule is CCCCc1nnc(NC(=O)C(NC(=O)c2ccccc2OC)C(C)C)s1. The van der Waals surface area contributed by atoms with Gasteiger partial charge >= 0.3 is 0 Å². The van der Waals surface area contributed by atoms with Crippen LogP contribution in [0.3, 0.4) is 0 Å². The molecule has 27 heavy (non-hydrogen) atoms. The Morgan fingerprint density at radius 3 is 2.63 bits per heavy atom. The minimum atomic E-state index is -0.703. The summed E-state index contributed by atoms with van der Waals surface area (Å²) in [4.78, 5) is 25.3. The summed E-state index contributed by atoms with van der Waals surface area (Å²) in [6.07, 6.45) is 2.96. The van der Waals surface area contributed by atoms with Crippen molar-refractivity contribution < 1.29 is 14.3 Å². The third-order valence-corrected chi connectivity index (χ3v) is 4.93. The quantitative estimate of drug-likeness (QED) is 0.685. The molecule has 0 aliphatic heterocycles. The van der Waals surface area contributed by atoms with Gasteiger partial charge in [0.05, 0.1) is 12.7 Å². The Morgan fingerprint density at radius 2 is 1.96 bits per heavy atom. The van der Waals surface area contributed by atoms with Crippen molar-refractivity contribution >= 4 is 28.3 Å². The first-order valence-electron chi connectivity index (χ1n) is 9.03. The number of hydrogen-bond donors (Lipinski definition) is 2. The number of carbonyl (C=O) groups is 2. The lowest BCUT2D eigenvalue weighted by atomic mass is 10.0. The fourth-order valence-electron chi connectivity index (χ4n) is 2.50. The van der Waals surface area contributed by atoms with Crippen molar-refractivity contribution in [2.24, 2.45) is 5.92 Å². The number of methoxy groups -OCH3 is 1. The van der Waals surface area contributed by atoms with Gasteiger partial charge in [0.25, 0.3) is 5.91 Å². The molecule has 0 aliphatic rings. The molecule has 0 fully saturated rings. The summed E-state index contributed by atoms with van der Waals surface area (Å²) in [5.41, 5.74) is 0.385. The van der Waals surface area contributed by atoms with E-state index in [1.807, 2.05) is 13.8 Å². The zero-order chi connectivity index (χ0) is 19.8. The van der Waals surface area contributed by atoms with Gasteiger partial charge in [-0.15, -0.1) is 10.2 Å². The Kier molecular flexibility index (Phi) is 7.72. The lowest BCUT2D eigenvalue weighted by molar-refractivity contribution is -0.118. The standard InChI is InChI=1S/C19H26N4O3S/c1-5-6-11-15-22-23-19(27-15)21-18(25)16(12(2)3)20-17(24)13-9-7-8-10-14(13)26-4/h7-10,12,16H,5-6,11H2,1-4H3,(H,20,24)(H,21,23,25). The monoisotopic (exact) mass is 390 g/mol. The zero-order valence-electron chi connectivity index (χ0n) is 16.1. The average Bonchev–Trinajstić information content (AvgIpc) is 3.10. The molecule has 1 heterocycles. The molecule has 0 radical (unpaired) electrons. The molecule has 2 rings (SSSR count). The highest BCUT2D eigenvalue weighted by Gasteiger charge is 2.26. The van der Waals surface area contributed by atoms with Crippen LogP contribution >= 0.6 is 11.3 Å². The fraction of sp³-hybridized carbons (Fsp3) is 0.474. The van der Waals surface area contributed by atoms with E-state index in [0.717, 1.165) is 24.3 Å². The summed E-state index contributed by atoms with van der Waals surface area (Å²) < 4.78 is 5.22. The van der Waals surface area contributed by atoms with Gasteiger partial charge in [-0.25, -0.2) is 0 Å². The number of anilines is 1. The number of carbonyl (C=O) groups excluding carboxylic acids is 2. The van der Waals surface area contributed by atoms with Gasteiger partial charge in [0.2, 0.25) is 11.0 Å². The lowest BCUT2D eigenvalue weighted by Gasteiger charge is -2.21. The second kappa shape index (κ2) is 10.0. The molecule has 0 spiro atoms. The molecule has 1 unspecified atom stereocenters. The number of rotatable bonds is 9. The molecule has 8 heteroatoms. The van der Waals surface area contributed by atoms with Gasteiger partial charge < -0.3 is 10.1 Å².